The fourth-order valence-electron chi connectivity index (χ4n) is 2.79. The zero-order valence-electron chi connectivity index (χ0n) is 11.8. The first kappa shape index (κ1) is 15.0. The van der Waals surface area contributed by atoms with Crippen LogP contribution in [0.5, 0.6) is 0 Å². The van der Waals surface area contributed by atoms with Gasteiger partial charge < -0.3 is 15.5 Å². The van der Waals surface area contributed by atoms with Crippen LogP contribution >= 0.6 is 0 Å². The van der Waals surface area contributed by atoms with E-state index in [2.05, 4.69) is 5.32 Å². The number of carbonyl (C=O) groups excluding carboxylic acids is 1. The van der Waals surface area contributed by atoms with E-state index in [9.17, 15) is 9.90 Å². The van der Waals surface area contributed by atoms with Gasteiger partial charge in [0.15, 0.2) is 0 Å². The fraction of sp³-hybridized carbons (Fsp3) is 0.562. The topological polar surface area (TPSA) is 69.6 Å². The van der Waals surface area contributed by atoms with Gasteiger partial charge in [0.1, 0.15) is 0 Å². The van der Waals surface area contributed by atoms with E-state index in [1.54, 1.807) is 0 Å². The summed E-state index contributed by atoms with van der Waals surface area (Å²) in [4.78, 5) is 11.9. The summed E-state index contributed by atoms with van der Waals surface area (Å²) in [6.45, 7) is 0.435. The molecule has 3 N–H and O–H groups in total. The minimum Gasteiger partial charge on any atom is -0.392 e. The zero-order valence-corrected chi connectivity index (χ0v) is 11.8. The molecule has 0 aromatic heterocycles. The molecule has 0 radical (unpaired) electrons. The molecule has 0 aliphatic heterocycles. The monoisotopic (exact) mass is 277 g/mol. The Bertz CT molecular complexity index is 453. The molecule has 1 aromatic rings. The Labute approximate surface area is 119 Å². The molecule has 1 aliphatic carbocycles. The van der Waals surface area contributed by atoms with Crippen molar-refractivity contribution in [2.24, 2.45) is 0 Å². The molecule has 1 saturated carbocycles. The Kier molecular flexibility index (Phi) is 5.15. The number of aliphatic hydroxyl groups excluding tert-OH is 1. The maximum Gasteiger partial charge on any atom is 0.223 e. The quantitative estimate of drug-likeness (QED) is 0.769. The van der Waals surface area contributed by atoms with Crippen molar-refractivity contribution in [2.75, 3.05) is 0 Å². The minimum absolute atomic E-state index is 0.00153. The highest BCUT2D eigenvalue weighted by Gasteiger charge is 2.31. The van der Waals surface area contributed by atoms with E-state index in [1.807, 2.05) is 24.3 Å². The number of carbonyl (C=O) groups is 1. The molecule has 20 heavy (non-hydrogen) atoms. The van der Waals surface area contributed by atoms with Crippen molar-refractivity contribution in [1.82, 2.24) is 5.32 Å². The third kappa shape index (κ3) is 4.32. The molecule has 0 saturated heterocycles. The van der Waals surface area contributed by atoms with Crippen molar-refractivity contribution in [3.8, 4) is 0 Å². The summed E-state index contributed by atoms with van der Waals surface area (Å²) in [5.74, 6) is -0.108. The van der Waals surface area contributed by atoms with Crippen molar-refractivity contribution in [1.29, 1.82) is 0 Å². The Morgan fingerprint density at radius 3 is 2.60 bits per heavy atom. The predicted octanol–water partition coefficient (Wildman–Crippen LogP) is 1.88. The van der Waals surface area contributed by atoms with Crippen LogP contribution in [-0.4, -0.2) is 21.7 Å². The van der Waals surface area contributed by atoms with Crippen molar-refractivity contribution in [2.45, 2.75) is 57.3 Å². The van der Waals surface area contributed by atoms with Crippen LogP contribution in [0.15, 0.2) is 24.3 Å². The molecule has 1 fully saturated rings. The summed E-state index contributed by atoms with van der Waals surface area (Å²) >= 11 is 0. The molecule has 0 atom stereocenters. The van der Waals surface area contributed by atoms with E-state index in [0.29, 0.717) is 6.54 Å². The zero-order chi connectivity index (χ0) is 14.4. The number of hydrogen-bond acceptors (Lipinski definition) is 3. The SMILES string of the molecule is O=C(CC1(O)CCCCC1)NCc1cccc(CO)c1. The molecule has 2 rings (SSSR count). The van der Waals surface area contributed by atoms with Crippen molar-refractivity contribution >= 4 is 5.91 Å². The molecule has 0 heterocycles. The van der Waals surface area contributed by atoms with Gasteiger partial charge in [-0.15, -0.1) is 0 Å². The van der Waals surface area contributed by atoms with Crippen LogP contribution in [0.25, 0.3) is 0 Å². The molecule has 4 heteroatoms. The first-order valence-electron chi connectivity index (χ1n) is 7.29. The van der Waals surface area contributed by atoms with Crippen LogP contribution in [0.1, 0.15) is 49.7 Å². The number of hydrogen-bond donors (Lipinski definition) is 3. The van der Waals surface area contributed by atoms with E-state index in [4.69, 9.17) is 5.11 Å². The van der Waals surface area contributed by atoms with E-state index < -0.39 is 5.60 Å². The fourth-order valence-corrected chi connectivity index (χ4v) is 2.79. The largest absolute Gasteiger partial charge is 0.392 e. The molecule has 110 valence electrons. The number of aliphatic hydroxyl groups is 2. The normalized spacial score (nSPS) is 17.7. The maximum absolute atomic E-state index is 11.9. The number of nitrogens with one attached hydrogen (secondary N) is 1. The highest BCUT2D eigenvalue weighted by Crippen LogP contribution is 2.30. The second kappa shape index (κ2) is 6.86. The van der Waals surface area contributed by atoms with Gasteiger partial charge in [-0.3, -0.25) is 4.79 Å². The number of benzene rings is 1. The average molecular weight is 277 g/mol. The lowest BCUT2D eigenvalue weighted by Gasteiger charge is -2.31. The molecule has 1 amide bonds. The van der Waals surface area contributed by atoms with E-state index >= 15 is 0 Å². The Balaban J connectivity index is 1.82. The first-order chi connectivity index (χ1) is 9.61. The van der Waals surface area contributed by atoms with Gasteiger partial charge in [-0.05, 0) is 24.0 Å². The van der Waals surface area contributed by atoms with Crippen LogP contribution in [0.4, 0.5) is 0 Å². The van der Waals surface area contributed by atoms with Gasteiger partial charge in [-0.25, -0.2) is 0 Å². The number of amides is 1. The van der Waals surface area contributed by atoms with Crippen LogP contribution in [0, 0.1) is 0 Å². The Hall–Kier alpha value is -1.39. The first-order valence-corrected chi connectivity index (χ1v) is 7.29. The summed E-state index contributed by atoms with van der Waals surface area (Å²) in [6.07, 6.45) is 4.79. The smallest absolute Gasteiger partial charge is 0.223 e. The molecular formula is C16H23NO3. The molecule has 0 bridgehead atoms. The van der Waals surface area contributed by atoms with E-state index in [0.717, 1.165) is 43.2 Å². The Morgan fingerprint density at radius 1 is 1.20 bits per heavy atom. The van der Waals surface area contributed by atoms with Crippen LogP contribution < -0.4 is 5.32 Å². The highest BCUT2D eigenvalue weighted by molar-refractivity contribution is 5.77. The lowest BCUT2D eigenvalue weighted by molar-refractivity contribution is -0.127. The minimum atomic E-state index is -0.810. The van der Waals surface area contributed by atoms with Gasteiger partial charge in [0.2, 0.25) is 5.91 Å². The highest BCUT2D eigenvalue weighted by atomic mass is 16.3. The third-order valence-electron chi connectivity index (χ3n) is 3.94. The van der Waals surface area contributed by atoms with E-state index in [1.165, 1.54) is 0 Å². The summed E-state index contributed by atoms with van der Waals surface area (Å²) in [7, 11) is 0. The predicted molar refractivity (Wildman–Crippen MR) is 76.9 cm³/mol. The lowest BCUT2D eigenvalue weighted by Crippen LogP contribution is -2.38. The second-order valence-corrected chi connectivity index (χ2v) is 5.72. The second-order valence-electron chi connectivity index (χ2n) is 5.72. The van der Waals surface area contributed by atoms with Gasteiger partial charge >= 0.3 is 0 Å². The lowest BCUT2D eigenvalue weighted by atomic mass is 9.82. The van der Waals surface area contributed by atoms with Crippen molar-refractivity contribution in [3.05, 3.63) is 35.4 Å². The standard InChI is InChI=1S/C16H23NO3/c18-12-14-6-4-5-13(9-14)11-17-15(19)10-16(20)7-2-1-3-8-16/h4-6,9,18,20H,1-3,7-8,10-12H2,(H,17,19). The Morgan fingerprint density at radius 2 is 1.90 bits per heavy atom. The van der Waals surface area contributed by atoms with Crippen molar-refractivity contribution < 1.29 is 15.0 Å². The van der Waals surface area contributed by atoms with Crippen LogP contribution in [-0.2, 0) is 17.9 Å². The van der Waals surface area contributed by atoms with Crippen molar-refractivity contribution in [3.63, 3.8) is 0 Å². The molecule has 0 spiro atoms. The third-order valence-corrected chi connectivity index (χ3v) is 3.94. The molecule has 1 aliphatic rings. The molecular weight excluding hydrogens is 254 g/mol. The summed E-state index contributed by atoms with van der Waals surface area (Å²) in [5, 5.41) is 22.2. The van der Waals surface area contributed by atoms with Crippen LogP contribution in [0.2, 0.25) is 0 Å². The van der Waals surface area contributed by atoms with Gasteiger partial charge in [0.25, 0.3) is 0 Å². The van der Waals surface area contributed by atoms with Gasteiger partial charge in [-0.2, -0.15) is 0 Å². The summed E-state index contributed by atoms with van der Waals surface area (Å²) in [5.41, 5.74) is 0.984. The molecule has 0 unspecified atom stereocenters. The molecule has 4 nitrogen and oxygen atoms in total. The summed E-state index contributed by atoms with van der Waals surface area (Å²) < 4.78 is 0. The van der Waals surface area contributed by atoms with Crippen LogP contribution in [0.3, 0.4) is 0 Å². The van der Waals surface area contributed by atoms with E-state index in [-0.39, 0.29) is 18.9 Å². The van der Waals surface area contributed by atoms with Gasteiger partial charge in [0, 0.05) is 6.54 Å². The maximum atomic E-state index is 11.9. The van der Waals surface area contributed by atoms with Gasteiger partial charge in [-0.1, -0.05) is 43.5 Å². The van der Waals surface area contributed by atoms with Gasteiger partial charge in [0.05, 0.1) is 18.6 Å². The summed E-state index contributed by atoms with van der Waals surface area (Å²) in [6, 6.07) is 7.49. The average Bonchev–Trinajstić information content (AvgIpc) is 2.45. The number of rotatable bonds is 5. The molecule has 1 aromatic carbocycles.